The highest BCUT2D eigenvalue weighted by atomic mass is 32.1. The smallest absolute Gasteiger partial charge is 0.354 e. The number of aromatic carboxylic acids is 1. The van der Waals surface area contributed by atoms with Gasteiger partial charge in [0.25, 0.3) is 5.91 Å². The molecule has 3 rings (SSSR count). The lowest BCUT2D eigenvalue weighted by atomic mass is 10.1. The van der Waals surface area contributed by atoms with Gasteiger partial charge in [0.15, 0.2) is 0 Å². The number of carbonyl (C=O) groups excluding carboxylic acids is 2. The number of hydrogen-bond donors (Lipinski definition) is 2. The van der Waals surface area contributed by atoms with Crippen molar-refractivity contribution in [2.75, 3.05) is 13.1 Å². The molecule has 1 fully saturated rings. The molecule has 1 aliphatic heterocycles. The van der Waals surface area contributed by atoms with Crippen LogP contribution < -0.4 is 5.32 Å². The third-order valence-electron chi connectivity index (χ3n) is 3.52. The second kappa shape index (κ2) is 6.17. The van der Waals surface area contributed by atoms with Crippen LogP contribution in [0.5, 0.6) is 0 Å². The van der Waals surface area contributed by atoms with Crippen molar-refractivity contribution in [3.63, 3.8) is 0 Å². The number of hydrogen-bond acceptors (Lipinski definition) is 5. The van der Waals surface area contributed by atoms with Gasteiger partial charge in [0.1, 0.15) is 11.7 Å². The molecule has 23 heavy (non-hydrogen) atoms. The summed E-state index contributed by atoms with van der Waals surface area (Å²) in [6.07, 6.45) is 1.23. The van der Waals surface area contributed by atoms with Crippen LogP contribution in [0.3, 0.4) is 0 Å². The van der Waals surface area contributed by atoms with E-state index in [4.69, 9.17) is 5.11 Å². The molecule has 1 aliphatic rings. The van der Waals surface area contributed by atoms with E-state index in [1.165, 1.54) is 34.6 Å². The number of nitrogens with zero attached hydrogens (tertiary/aromatic N) is 2. The summed E-state index contributed by atoms with van der Waals surface area (Å²) in [7, 11) is 0. The van der Waals surface area contributed by atoms with E-state index in [0.717, 1.165) is 4.88 Å². The summed E-state index contributed by atoms with van der Waals surface area (Å²) in [5, 5.41) is 13.5. The molecule has 2 N–H and O–H groups in total. The van der Waals surface area contributed by atoms with Gasteiger partial charge in [0.2, 0.25) is 5.91 Å². The molecule has 0 radical (unpaired) electrons. The molecule has 3 heterocycles. The molecular formula is C15H13N3O4S. The lowest BCUT2D eigenvalue weighted by Crippen LogP contribution is -2.52. The maximum Gasteiger partial charge on any atom is 0.354 e. The van der Waals surface area contributed by atoms with E-state index >= 15 is 0 Å². The standard InChI is InChI=1S/C15H13N3O4S/c19-13-12(11-2-1-7-23-11)18(6-5-16-13)14(20)9-3-4-10(15(21)22)17-8-9/h1-4,7-8,12H,5-6H2,(H,16,19)(H,21,22)/t12-/m1/s1. The van der Waals surface area contributed by atoms with Gasteiger partial charge in [0, 0.05) is 24.2 Å². The predicted octanol–water partition coefficient (Wildman–Crippen LogP) is 1.15. The molecule has 0 bridgehead atoms. The Hall–Kier alpha value is -2.74. The average molecular weight is 331 g/mol. The Labute approximate surface area is 135 Å². The van der Waals surface area contributed by atoms with E-state index in [0.29, 0.717) is 13.1 Å². The zero-order valence-corrected chi connectivity index (χ0v) is 12.7. The summed E-state index contributed by atoms with van der Waals surface area (Å²) in [4.78, 5) is 41.7. The zero-order chi connectivity index (χ0) is 16.4. The van der Waals surface area contributed by atoms with Gasteiger partial charge in [-0.25, -0.2) is 9.78 Å². The van der Waals surface area contributed by atoms with Gasteiger partial charge < -0.3 is 15.3 Å². The molecule has 0 aromatic carbocycles. The first-order chi connectivity index (χ1) is 11.1. The SMILES string of the molecule is O=C(O)c1ccc(C(=O)N2CCNC(=O)[C@H]2c2cccs2)cn1. The third-order valence-corrected chi connectivity index (χ3v) is 4.44. The summed E-state index contributed by atoms with van der Waals surface area (Å²) in [5.74, 6) is -1.72. The van der Waals surface area contributed by atoms with E-state index in [1.54, 1.807) is 0 Å². The highest BCUT2D eigenvalue weighted by molar-refractivity contribution is 7.10. The van der Waals surface area contributed by atoms with Crippen molar-refractivity contribution >= 4 is 29.1 Å². The minimum absolute atomic E-state index is 0.132. The number of thiophene rings is 1. The summed E-state index contributed by atoms with van der Waals surface area (Å²) >= 11 is 1.41. The van der Waals surface area contributed by atoms with E-state index in [-0.39, 0.29) is 23.1 Å². The molecular weight excluding hydrogens is 318 g/mol. The maximum absolute atomic E-state index is 12.7. The fourth-order valence-electron chi connectivity index (χ4n) is 2.43. The highest BCUT2D eigenvalue weighted by Gasteiger charge is 2.35. The van der Waals surface area contributed by atoms with Crippen molar-refractivity contribution in [2.45, 2.75) is 6.04 Å². The lowest BCUT2D eigenvalue weighted by Gasteiger charge is -2.34. The Kier molecular flexibility index (Phi) is 4.07. The first kappa shape index (κ1) is 15.2. The maximum atomic E-state index is 12.7. The summed E-state index contributed by atoms with van der Waals surface area (Å²) in [6.45, 7) is 0.765. The number of piperazine rings is 1. The molecule has 0 spiro atoms. The molecule has 2 aromatic heterocycles. The normalized spacial score (nSPS) is 17.7. The summed E-state index contributed by atoms with van der Waals surface area (Å²) in [5.41, 5.74) is 0.124. The molecule has 7 nitrogen and oxygen atoms in total. The van der Waals surface area contributed by atoms with Crippen molar-refractivity contribution in [1.82, 2.24) is 15.2 Å². The molecule has 0 saturated carbocycles. The number of carboxylic acids is 1. The van der Waals surface area contributed by atoms with Gasteiger partial charge in [-0.3, -0.25) is 9.59 Å². The van der Waals surface area contributed by atoms with Gasteiger partial charge in [-0.05, 0) is 23.6 Å². The topological polar surface area (TPSA) is 99.6 Å². The number of amides is 2. The molecule has 1 atom stereocenters. The van der Waals surface area contributed by atoms with Gasteiger partial charge in [0.05, 0.1) is 5.56 Å². The van der Waals surface area contributed by atoms with Crippen LogP contribution in [-0.4, -0.2) is 45.9 Å². The Morgan fingerprint density at radius 2 is 2.17 bits per heavy atom. The minimum Gasteiger partial charge on any atom is -0.477 e. The second-order valence-corrected chi connectivity index (χ2v) is 5.92. The monoisotopic (exact) mass is 331 g/mol. The zero-order valence-electron chi connectivity index (χ0n) is 11.9. The second-order valence-electron chi connectivity index (χ2n) is 4.94. The van der Waals surface area contributed by atoms with Crippen LogP contribution in [0.25, 0.3) is 0 Å². The lowest BCUT2D eigenvalue weighted by molar-refractivity contribution is -0.127. The fraction of sp³-hybridized carbons (Fsp3) is 0.200. The fourth-order valence-corrected chi connectivity index (χ4v) is 3.26. The molecule has 2 aromatic rings. The van der Waals surface area contributed by atoms with E-state index in [9.17, 15) is 14.4 Å². The van der Waals surface area contributed by atoms with Crippen LogP contribution in [0.15, 0.2) is 35.8 Å². The molecule has 2 amide bonds. The minimum atomic E-state index is -1.15. The van der Waals surface area contributed by atoms with Crippen LogP contribution in [-0.2, 0) is 4.79 Å². The van der Waals surface area contributed by atoms with Crippen LogP contribution in [0, 0.1) is 0 Å². The number of aromatic nitrogens is 1. The van der Waals surface area contributed by atoms with Crippen molar-refractivity contribution in [2.24, 2.45) is 0 Å². The van der Waals surface area contributed by atoms with E-state index in [2.05, 4.69) is 10.3 Å². The Balaban J connectivity index is 1.89. The largest absolute Gasteiger partial charge is 0.477 e. The molecule has 0 aliphatic carbocycles. The Bertz CT molecular complexity index is 743. The Morgan fingerprint density at radius 3 is 2.78 bits per heavy atom. The van der Waals surface area contributed by atoms with E-state index < -0.39 is 12.0 Å². The van der Waals surface area contributed by atoms with Crippen LogP contribution in [0.1, 0.15) is 31.8 Å². The number of nitrogens with one attached hydrogen (secondary N) is 1. The van der Waals surface area contributed by atoms with Gasteiger partial charge in [-0.1, -0.05) is 6.07 Å². The summed E-state index contributed by atoms with van der Waals surface area (Å²) in [6, 6.07) is 5.66. The average Bonchev–Trinajstić information content (AvgIpc) is 3.08. The van der Waals surface area contributed by atoms with Crippen molar-refractivity contribution < 1.29 is 19.5 Å². The Morgan fingerprint density at radius 1 is 1.35 bits per heavy atom. The first-order valence-electron chi connectivity index (χ1n) is 6.89. The molecule has 0 unspecified atom stereocenters. The third kappa shape index (κ3) is 2.93. The highest BCUT2D eigenvalue weighted by Crippen LogP contribution is 2.28. The molecule has 118 valence electrons. The molecule has 8 heteroatoms. The van der Waals surface area contributed by atoms with E-state index in [1.807, 2.05) is 17.5 Å². The number of carboxylic acid groups (broad SMARTS) is 1. The number of rotatable bonds is 3. The first-order valence-corrected chi connectivity index (χ1v) is 7.77. The van der Waals surface area contributed by atoms with Gasteiger partial charge in [-0.2, -0.15) is 0 Å². The van der Waals surface area contributed by atoms with Crippen molar-refractivity contribution in [1.29, 1.82) is 0 Å². The van der Waals surface area contributed by atoms with Gasteiger partial charge >= 0.3 is 5.97 Å². The van der Waals surface area contributed by atoms with Gasteiger partial charge in [-0.15, -0.1) is 11.3 Å². The van der Waals surface area contributed by atoms with Crippen LogP contribution in [0.2, 0.25) is 0 Å². The number of pyridine rings is 1. The molecule has 1 saturated heterocycles. The van der Waals surface area contributed by atoms with Crippen molar-refractivity contribution in [3.05, 3.63) is 52.0 Å². The van der Waals surface area contributed by atoms with Crippen LogP contribution in [0.4, 0.5) is 0 Å². The van der Waals surface area contributed by atoms with Crippen LogP contribution >= 0.6 is 11.3 Å². The number of carbonyl (C=O) groups is 3. The summed E-state index contributed by atoms with van der Waals surface area (Å²) < 4.78 is 0. The predicted molar refractivity (Wildman–Crippen MR) is 82.3 cm³/mol. The quantitative estimate of drug-likeness (QED) is 0.879. The van der Waals surface area contributed by atoms with Crippen molar-refractivity contribution in [3.8, 4) is 0 Å².